The number of hydrogen-bond acceptors (Lipinski definition) is 4. The number of amides is 1. The monoisotopic (exact) mass is 244 g/mol. The standard InChI is InChI=1S/C9H12N2O4S/c1-6(12)11-8-4-7(5-10)2-3-9(8)16(13,14)15/h2-4H,5,10H2,1H3,(H,11,12)(H,13,14,15). The average molecular weight is 244 g/mol. The molecule has 1 rings (SSSR count). The smallest absolute Gasteiger partial charge is 0.296 e. The summed E-state index contributed by atoms with van der Waals surface area (Å²) >= 11 is 0. The second-order valence-corrected chi connectivity index (χ2v) is 4.58. The molecule has 1 aromatic rings. The molecule has 0 aromatic heterocycles. The first-order valence-corrected chi connectivity index (χ1v) is 5.86. The number of anilines is 1. The van der Waals surface area contributed by atoms with E-state index in [0.717, 1.165) is 0 Å². The first-order chi connectivity index (χ1) is 7.34. The van der Waals surface area contributed by atoms with E-state index < -0.39 is 16.0 Å². The van der Waals surface area contributed by atoms with Gasteiger partial charge in [-0.1, -0.05) is 6.07 Å². The summed E-state index contributed by atoms with van der Waals surface area (Å²) in [6.07, 6.45) is 0. The Labute approximate surface area is 93.2 Å². The number of nitrogens with one attached hydrogen (secondary N) is 1. The molecule has 0 fully saturated rings. The Kier molecular flexibility index (Phi) is 3.63. The summed E-state index contributed by atoms with van der Waals surface area (Å²) < 4.78 is 31.0. The van der Waals surface area contributed by atoms with Gasteiger partial charge in [-0.05, 0) is 17.7 Å². The van der Waals surface area contributed by atoms with Crippen molar-refractivity contribution in [3.63, 3.8) is 0 Å². The molecule has 0 unspecified atom stereocenters. The second-order valence-electron chi connectivity index (χ2n) is 3.19. The molecule has 0 heterocycles. The lowest BCUT2D eigenvalue weighted by molar-refractivity contribution is -0.114. The van der Waals surface area contributed by atoms with Crippen LogP contribution in [0.5, 0.6) is 0 Å². The van der Waals surface area contributed by atoms with Crippen molar-refractivity contribution in [1.29, 1.82) is 0 Å². The van der Waals surface area contributed by atoms with Gasteiger partial charge in [-0.15, -0.1) is 0 Å². The fraction of sp³-hybridized carbons (Fsp3) is 0.222. The van der Waals surface area contributed by atoms with Crippen molar-refractivity contribution >= 4 is 21.7 Å². The van der Waals surface area contributed by atoms with Crippen LogP contribution in [0.25, 0.3) is 0 Å². The van der Waals surface area contributed by atoms with Gasteiger partial charge in [0.05, 0.1) is 5.69 Å². The summed E-state index contributed by atoms with van der Waals surface area (Å²) in [7, 11) is -4.36. The highest BCUT2D eigenvalue weighted by molar-refractivity contribution is 7.86. The summed E-state index contributed by atoms with van der Waals surface area (Å²) in [6, 6.07) is 4.07. The molecule has 1 aromatic carbocycles. The van der Waals surface area contributed by atoms with Gasteiger partial charge in [-0.3, -0.25) is 9.35 Å². The van der Waals surface area contributed by atoms with Gasteiger partial charge in [0.2, 0.25) is 5.91 Å². The lowest BCUT2D eigenvalue weighted by atomic mass is 10.2. The molecule has 1 amide bonds. The van der Waals surface area contributed by atoms with Crippen molar-refractivity contribution in [2.45, 2.75) is 18.4 Å². The number of benzene rings is 1. The Bertz CT molecular complexity index is 510. The number of hydrogen-bond donors (Lipinski definition) is 3. The topological polar surface area (TPSA) is 109 Å². The van der Waals surface area contributed by atoms with Gasteiger partial charge < -0.3 is 11.1 Å². The van der Waals surface area contributed by atoms with Gasteiger partial charge in [-0.2, -0.15) is 8.42 Å². The van der Waals surface area contributed by atoms with Crippen LogP contribution in [0.2, 0.25) is 0 Å². The number of carbonyl (C=O) groups is 1. The van der Waals surface area contributed by atoms with E-state index in [1.165, 1.54) is 25.1 Å². The molecular weight excluding hydrogens is 232 g/mol. The minimum absolute atomic E-state index is 0.0259. The Hall–Kier alpha value is -1.44. The predicted molar refractivity (Wildman–Crippen MR) is 58.5 cm³/mol. The van der Waals surface area contributed by atoms with E-state index in [1.54, 1.807) is 0 Å². The van der Waals surface area contributed by atoms with Crippen molar-refractivity contribution < 1.29 is 17.8 Å². The van der Waals surface area contributed by atoms with Crippen LogP contribution in [0.15, 0.2) is 23.1 Å². The minimum atomic E-state index is -4.36. The predicted octanol–water partition coefficient (Wildman–Crippen LogP) is 0.350. The SMILES string of the molecule is CC(=O)Nc1cc(CN)ccc1S(=O)(=O)O. The lowest BCUT2D eigenvalue weighted by Gasteiger charge is -2.09. The molecule has 7 heteroatoms. The number of rotatable bonds is 3. The quantitative estimate of drug-likeness (QED) is 0.664. The summed E-state index contributed by atoms with van der Waals surface area (Å²) in [5.74, 6) is -0.431. The second kappa shape index (κ2) is 4.60. The zero-order valence-electron chi connectivity index (χ0n) is 8.60. The molecule has 0 spiro atoms. The molecule has 0 aliphatic rings. The zero-order chi connectivity index (χ0) is 12.3. The first kappa shape index (κ1) is 12.6. The lowest BCUT2D eigenvalue weighted by Crippen LogP contribution is -2.11. The molecular formula is C9H12N2O4S. The fourth-order valence-corrected chi connectivity index (χ4v) is 1.84. The average Bonchev–Trinajstić information content (AvgIpc) is 2.14. The first-order valence-electron chi connectivity index (χ1n) is 4.42. The van der Waals surface area contributed by atoms with Crippen LogP contribution < -0.4 is 11.1 Å². The highest BCUT2D eigenvalue weighted by Crippen LogP contribution is 2.22. The molecule has 88 valence electrons. The van der Waals surface area contributed by atoms with Gasteiger partial charge in [0.15, 0.2) is 0 Å². The normalized spacial score (nSPS) is 11.2. The molecule has 0 radical (unpaired) electrons. The van der Waals surface area contributed by atoms with Crippen molar-refractivity contribution in [1.82, 2.24) is 0 Å². The van der Waals surface area contributed by atoms with Gasteiger partial charge in [-0.25, -0.2) is 0 Å². The van der Waals surface area contributed by atoms with E-state index in [9.17, 15) is 13.2 Å². The number of nitrogens with two attached hydrogens (primary N) is 1. The van der Waals surface area contributed by atoms with Crippen molar-refractivity contribution in [3.8, 4) is 0 Å². The molecule has 0 bridgehead atoms. The fourth-order valence-electron chi connectivity index (χ4n) is 1.22. The van der Waals surface area contributed by atoms with E-state index in [2.05, 4.69) is 5.32 Å². The molecule has 0 atom stereocenters. The molecule has 16 heavy (non-hydrogen) atoms. The third-order valence-electron chi connectivity index (χ3n) is 1.87. The zero-order valence-corrected chi connectivity index (χ0v) is 9.41. The third kappa shape index (κ3) is 3.02. The van der Waals surface area contributed by atoms with Crippen LogP contribution in [-0.2, 0) is 21.5 Å². The Morgan fingerprint density at radius 3 is 2.56 bits per heavy atom. The van der Waals surface area contributed by atoms with Crippen molar-refractivity contribution in [2.75, 3.05) is 5.32 Å². The van der Waals surface area contributed by atoms with E-state index in [0.29, 0.717) is 5.56 Å². The van der Waals surface area contributed by atoms with Gasteiger partial charge in [0, 0.05) is 13.5 Å². The van der Waals surface area contributed by atoms with Crippen LogP contribution in [0.1, 0.15) is 12.5 Å². The molecule has 0 saturated carbocycles. The van der Waals surface area contributed by atoms with Crippen LogP contribution in [-0.4, -0.2) is 18.9 Å². The highest BCUT2D eigenvalue weighted by atomic mass is 32.2. The van der Waals surface area contributed by atoms with Crippen LogP contribution in [0.4, 0.5) is 5.69 Å². The van der Waals surface area contributed by atoms with Crippen molar-refractivity contribution in [3.05, 3.63) is 23.8 Å². The minimum Gasteiger partial charge on any atom is -0.326 e. The third-order valence-corrected chi connectivity index (χ3v) is 2.78. The largest absolute Gasteiger partial charge is 0.326 e. The van der Waals surface area contributed by atoms with E-state index in [-0.39, 0.29) is 17.1 Å². The van der Waals surface area contributed by atoms with E-state index in [4.69, 9.17) is 10.3 Å². The maximum atomic E-state index is 11.0. The van der Waals surface area contributed by atoms with Crippen LogP contribution >= 0.6 is 0 Å². The summed E-state index contributed by atoms with van der Waals surface area (Å²) in [4.78, 5) is 10.5. The Morgan fingerprint density at radius 1 is 1.50 bits per heavy atom. The summed E-state index contributed by atoms with van der Waals surface area (Å²) in [5, 5.41) is 2.32. The number of carbonyl (C=O) groups excluding carboxylic acids is 1. The van der Waals surface area contributed by atoms with Gasteiger partial charge in [0.1, 0.15) is 4.90 Å². The Balaban J connectivity index is 3.33. The van der Waals surface area contributed by atoms with Gasteiger partial charge in [0.25, 0.3) is 10.1 Å². The van der Waals surface area contributed by atoms with E-state index >= 15 is 0 Å². The van der Waals surface area contributed by atoms with Gasteiger partial charge >= 0.3 is 0 Å². The van der Waals surface area contributed by atoms with Crippen LogP contribution in [0.3, 0.4) is 0 Å². The Morgan fingerprint density at radius 2 is 2.12 bits per heavy atom. The molecule has 0 saturated heterocycles. The molecule has 6 nitrogen and oxygen atoms in total. The molecule has 4 N–H and O–H groups in total. The highest BCUT2D eigenvalue weighted by Gasteiger charge is 2.16. The molecule has 0 aliphatic heterocycles. The van der Waals surface area contributed by atoms with Crippen LogP contribution in [0, 0.1) is 0 Å². The summed E-state index contributed by atoms with van der Waals surface area (Å²) in [5.41, 5.74) is 6.06. The van der Waals surface area contributed by atoms with E-state index in [1.807, 2.05) is 0 Å². The summed E-state index contributed by atoms with van der Waals surface area (Å²) in [6.45, 7) is 1.45. The maximum absolute atomic E-state index is 11.0. The maximum Gasteiger partial charge on any atom is 0.296 e. The molecule has 0 aliphatic carbocycles. The van der Waals surface area contributed by atoms with Crippen molar-refractivity contribution in [2.24, 2.45) is 5.73 Å².